The first kappa shape index (κ1) is 19.3. The van der Waals surface area contributed by atoms with Crippen LogP contribution in [0.4, 0.5) is 0 Å². The van der Waals surface area contributed by atoms with Crippen molar-refractivity contribution in [3.63, 3.8) is 0 Å². The molecule has 25 heavy (non-hydrogen) atoms. The van der Waals surface area contributed by atoms with Crippen LogP contribution in [-0.4, -0.2) is 9.55 Å². The van der Waals surface area contributed by atoms with Crippen molar-refractivity contribution in [3.05, 3.63) is 78.1 Å². The van der Waals surface area contributed by atoms with Crippen LogP contribution < -0.4 is 12.4 Å². The Labute approximate surface area is 157 Å². The predicted octanol–water partition coefficient (Wildman–Crippen LogP) is 2.58. The number of hydrogen-bond acceptors (Lipinski definition) is 1. The van der Waals surface area contributed by atoms with E-state index in [1.54, 1.807) is 0 Å². The second kappa shape index (κ2) is 8.35. The standard InChI is InChI=1S/C22H26N2.ClH/c1-5-14-24-21-9-7-6-8-20(21)23-22(24)17(4)19-12-10-18(11-13-19)15-16(2)3;/h5-13,16-17H,1,14-15H2,2-4H3;1H/p-1. The lowest BCUT2D eigenvalue weighted by molar-refractivity contribution is -0.00000521. The van der Waals surface area contributed by atoms with Crippen LogP contribution in [-0.2, 0) is 13.0 Å². The molecule has 1 unspecified atom stereocenters. The van der Waals surface area contributed by atoms with Crippen molar-refractivity contribution < 1.29 is 12.4 Å². The molecule has 3 aromatic rings. The van der Waals surface area contributed by atoms with Crippen LogP contribution in [0.25, 0.3) is 11.0 Å². The van der Waals surface area contributed by atoms with E-state index in [4.69, 9.17) is 4.98 Å². The topological polar surface area (TPSA) is 17.8 Å². The molecular formula is C22H26ClN2-. The van der Waals surface area contributed by atoms with Gasteiger partial charge >= 0.3 is 0 Å². The number of aromatic nitrogens is 2. The molecule has 0 spiro atoms. The molecule has 3 rings (SSSR count). The highest BCUT2D eigenvalue weighted by Crippen LogP contribution is 2.28. The summed E-state index contributed by atoms with van der Waals surface area (Å²) >= 11 is 0. The number of halogens is 1. The zero-order chi connectivity index (χ0) is 17.1. The van der Waals surface area contributed by atoms with Gasteiger partial charge in [0.25, 0.3) is 0 Å². The Bertz CT molecular complexity index is 831. The molecule has 0 amide bonds. The second-order valence-electron chi connectivity index (χ2n) is 6.92. The minimum atomic E-state index is 0. The van der Waals surface area contributed by atoms with Crippen LogP contribution in [0.2, 0.25) is 0 Å². The Morgan fingerprint density at radius 1 is 1.04 bits per heavy atom. The number of fused-ring (bicyclic) bond motifs is 1. The lowest BCUT2D eigenvalue weighted by Crippen LogP contribution is -3.00. The van der Waals surface area contributed by atoms with Gasteiger partial charge in [0, 0.05) is 12.5 Å². The van der Waals surface area contributed by atoms with Crippen LogP contribution in [0.3, 0.4) is 0 Å². The Balaban J connectivity index is 0.00000225. The first-order chi connectivity index (χ1) is 11.6. The van der Waals surface area contributed by atoms with Crippen LogP contribution in [0.15, 0.2) is 61.2 Å². The molecule has 0 N–H and O–H groups in total. The van der Waals surface area contributed by atoms with Gasteiger partial charge in [-0.25, -0.2) is 4.98 Å². The third-order valence-electron chi connectivity index (χ3n) is 4.51. The Hall–Kier alpha value is -2.06. The van der Waals surface area contributed by atoms with Crippen molar-refractivity contribution in [2.45, 2.75) is 39.7 Å². The number of allylic oxidation sites excluding steroid dienone is 1. The molecule has 3 heteroatoms. The molecule has 0 radical (unpaired) electrons. The smallest absolute Gasteiger partial charge is 0.117 e. The minimum Gasteiger partial charge on any atom is -1.00 e. The van der Waals surface area contributed by atoms with Crippen molar-refractivity contribution in [1.29, 1.82) is 0 Å². The summed E-state index contributed by atoms with van der Waals surface area (Å²) in [7, 11) is 0. The van der Waals surface area contributed by atoms with Crippen molar-refractivity contribution in [2.24, 2.45) is 5.92 Å². The summed E-state index contributed by atoms with van der Waals surface area (Å²) in [6.45, 7) is 11.4. The molecule has 2 aromatic carbocycles. The molecule has 2 nitrogen and oxygen atoms in total. The number of benzene rings is 2. The SMILES string of the molecule is C=CCn1c(C(C)c2ccc(CC(C)C)cc2)nc2ccccc21.[Cl-]. The van der Waals surface area contributed by atoms with Crippen molar-refractivity contribution in [3.8, 4) is 0 Å². The maximum atomic E-state index is 4.89. The molecule has 132 valence electrons. The van der Waals surface area contributed by atoms with Crippen molar-refractivity contribution >= 4 is 11.0 Å². The monoisotopic (exact) mass is 353 g/mol. The number of rotatable bonds is 6. The number of imidazole rings is 1. The summed E-state index contributed by atoms with van der Waals surface area (Å²) in [5.41, 5.74) is 4.94. The summed E-state index contributed by atoms with van der Waals surface area (Å²) in [6.07, 6.45) is 3.07. The average Bonchev–Trinajstić information content (AvgIpc) is 2.94. The van der Waals surface area contributed by atoms with Crippen LogP contribution in [0.5, 0.6) is 0 Å². The van der Waals surface area contributed by atoms with Gasteiger partial charge in [-0.2, -0.15) is 0 Å². The average molecular weight is 354 g/mol. The van der Waals surface area contributed by atoms with E-state index < -0.39 is 0 Å². The Kier molecular flexibility index (Phi) is 6.44. The van der Waals surface area contributed by atoms with Gasteiger partial charge in [-0.15, -0.1) is 6.58 Å². The lowest BCUT2D eigenvalue weighted by atomic mass is 9.96. The van der Waals surface area contributed by atoms with Gasteiger partial charge in [0.1, 0.15) is 5.82 Å². The highest BCUT2D eigenvalue weighted by atomic mass is 35.5. The quantitative estimate of drug-likeness (QED) is 0.623. The van der Waals surface area contributed by atoms with Crippen LogP contribution in [0, 0.1) is 5.92 Å². The molecule has 0 fully saturated rings. The molecule has 0 aliphatic heterocycles. The van der Waals surface area contributed by atoms with Crippen LogP contribution in [0.1, 0.15) is 43.6 Å². The molecular weight excluding hydrogens is 328 g/mol. The highest BCUT2D eigenvalue weighted by molar-refractivity contribution is 5.76. The van der Waals surface area contributed by atoms with E-state index in [-0.39, 0.29) is 18.3 Å². The zero-order valence-corrected chi connectivity index (χ0v) is 16.0. The predicted molar refractivity (Wildman–Crippen MR) is 102 cm³/mol. The fourth-order valence-electron chi connectivity index (χ4n) is 3.31. The van der Waals surface area contributed by atoms with E-state index in [0.29, 0.717) is 5.92 Å². The highest BCUT2D eigenvalue weighted by Gasteiger charge is 2.17. The lowest BCUT2D eigenvalue weighted by Gasteiger charge is -2.15. The molecule has 1 heterocycles. The van der Waals surface area contributed by atoms with Gasteiger partial charge in [-0.3, -0.25) is 0 Å². The van der Waals surface area contributed by atoms with E-state index in [0.717, 1.165) is 24.3 Å². The molecule has 0 aliphatic carbocycles. The van der Waals surface area contributed by atoms with E-state index in [9.17, 15) is 0 Å². The molecule has 0 aliphatic rings. The second-order valence-corrected chi connectivity index (χ2v) is 6.92. The third kappa shape index (κ3) is 4.13. The van der Waals surface area contributed by atoms with Crippen molar-refractivity contribution in [2.75, 3.05) is 0 Å². The Morgan fingerprint density at radius 2 is 1.72 bits per heavy atom. The van der Waals surface area contributed by atoms with E-state index >= 15 is 0 Å². The fourth-order valence-corrected chi connectivity index (χ4v) is 3.31. The van der Waals surface area contributed by atoms with E-state index in [2.05, 4.69) is 74.4 Å². The number of para-hydroxylation sites is 2. The molecule has 1 aromatic heterocycles. The van der Waals surface area contributed by atoms with Crippen LogP contribution >= 0.6 is 0 Å². The van der Waals surface area contributed by atoms with Crippen molar-refractivity contribution in [1.82, 2.24) is 9.55 Å². The molecule has 0 bridgehead atoms. The molecule has 1 atom stereocenters. The number of hydrogen-bond donors (Lipinski definition) is 0. The summed E-state index contributed by atoms with van der Waals surface area (Å²) in [5, 5.41) is 0. The van der Waals surface area contributed by atoms with E-state index in [1.165, 1.54) is 16.6 Å². The number of nitrogens with zero attached hydrogens (tertiary/aromatic N) is 2. The largest absolute Gasteiger partial charge is 1.00 e. The zero-order valence-electron chi connectivity index (χ0n) is 15.2. The van der Waals surface area contributed by atoms with Gasteiger partial charge < -0.3 is 17.0 Å². The first-order valence-electron chi connectivity index (χ1n) is 8.75. The van der Waals surface area contributed by atoms with Gasteiger partial charge in [0.2, 0.25) is 0 Å². The molecule has 0 saturated carbocycles. The minimum absolute atomic E-state index is 0. The Morgan fingerprint density at radius 3 is 2.36 bits per heavy atom. The fraction of sp³-hybridized carbons (Fsp3) is 0.318. The van der Waals surface area contributed by atoms with Gasteiger partial charge in [0.15, 0.2) is 0 Å². The molecule has 0 saturated heterocycles. The normalized spacial score (nSPS) is 12.2. The summed E-state index contributed by atoms with van der Waals surface area (Å²) in [4.78, 5) is 4.89. The van der Waals surface area contributed by atoms with Gasteiger partial charge in [-0.05, 0) is 35.6 Å². The maximum absolute atomic E-state index is 4.89. The first-order valence-corrected chi connectivity index (χ1v) is 8.75. The van der Waals surface area contributed by atoms with E-state index in [1.807, 2.05) is 12.1 Å². The van der Waals surface area contributed by atoms with Gasteiger partial charge in [-0.1, -0.05) is 63.2 Å². The summed E-state index contributed by atoms with van der Waals surface area (Å²) in [6, 6.07) is 17.3. The maximum Gasteiger partial charge on any atom is 0.117 e. The van der Waals surface area contributed by atoms with Gasteiger partial charge in [0.05, 0.1) is 11.0 Å². The summed E-state index contributed by atoms with van der Waals surface area (Å²) < 4.78 is 2.27. The third-order valence-corrected chi connectivity index (χ3v) is 4.51. The summed E-state index contributed by atoms with van der Waals surface area (Å²) in [5.74, 6) is 2.04.